The first-order chi connectivity index (χ1) is 31.2. The highest BCUT2D eigenvalue weighted by Gasteiger charge is 2.34. The van der Waals surface area contributed by atoms with Gasteiger partial charge in [-0.2, -0.15) is 10.5 Å². The van der Waals surface area contributed by atoms with E-state index in [2.05, 4.69) is 164 Å². The molecule has 0 aliphatic rings. The summed E-state index contributed by atoms with van der Waals surface area (Å²) >= 11 is 0. The van der Waals surface area contributed by atoms with Gasteiger partial charge in [0, 0.05) is 43.3 Å². The molecule has 0 saturated carbocycles. The molecule has 6 heteroatoms. The Bertz CT molecular complexity index is 3870. The lowest BCUT2D eigenvalue weighted by atomic mass is 9.98. The number of nitriles is 2. The molecule has 0 amide bonds. The molecule has 0 atom stereocenters. The van der Waals surface area contributed by atoms with Crippen LogP contribution in [0.1, 0.15) is 29.3 Å². The Balaban J connectivity index is 1.45. The first-order valence-electron chi connectivity index (χ1n) is 21.1. The lowest BCUT2D eigenvalue weighted by molar-refractivity contribution is 1.00. The van der Waals surface area contributed by atoms with Gasteiger partial charge in [0.1, 0.15) is 23.3 Å². The third-order valence-corrected chi connectivity index (χ3v) is 12.7. The molecule has 0 N–H and O–H groups in total. The van der Waals surface area contributed by atoms with Crippen molar-refractivity contribution in [2.24, 2.45) is 0 Å². The second-order valence-electron chi connectivity index (χ2n) is 15.8. The van der Waals surface area contributed by atoms with Crippen LogP contribution >= 0.6 is 0 Å². The van der Waals surface area contributed by atoms with Crippen LogP contribution in [0.5, 0.6) is 0 Å². The summed E-state index contributed by atoms with van der Waals surface area (Å²) < 4.78 is 8.82. The zero-order valence-electron chi connectivity index (χ0n) is 34.3. The Labute approximate surface area is 362 Å². The Hall–Kier alpha value is -8.84. The van der Waals surface area contributed by atoms with Crippen LogP contribution in [-0.4, -0.2) is 18.3 Å². The van der Waals surface area contributed by atoms with Gasteiger partial charge in [-0.25, -0.2) is 0 Å². The van der Waals surface area contributed by atoms with Crippen LogP contribution in [0.2, 0.25) is 0 Å². The van der Waals surface area contributed by atoms with E-state index in [1.807, 2.05) is 67.6 Å². The van der Waals surface area contributed by atoms with Crippen LogP contribution in [-0.2, 0) is 0 Å². The maximum absolute atomic E-state index is 12.3. The number of hydrogen-bond donors (Lipinski definition) is 0. The van der Waals surface area contributed by atoms with Crippen LogP contribution in [0, 0.1) is 22.7 Å². The first-order valence-corrected chi connectivity index (χ1v) is 21.1. The van der Waals surface area contributed by atoms with Gasteiger partial charge in [0.25, 0.3) is 0 Å². The number of fused-ring (bicyclic) bond motifs is 10. The summed E-state index contributed by atoms with van der Waals surface area (Å²) in [6.07, 6.45) is 6.01. The summed E-state index contributed by atoms with van der Waals surface area (Å²) in [4.78, 5) is 0. The van der Waals surface area contributed by atoms with E-state index >= 15 is 0 Å². The monoisotopic (exact) mass is 804 g/mol. The predicted octanol–water partition coefficient (Wildman–Crippen LogP) is 14.3. The molecular formula is C57H36N6. The largest absolute Gasteiger partial charge is 0.306 e. The number of rotatable bonds is 6. The molecule has 0 spiro atoms. The number of hydrogen-bond acceptors (Lipinski definition) is 2. The van der Waals surface area contributed by atoms with Gasteiger partial charge in [-0.3, -0.25) is 0 Å². The van der Waals surface area contributed by atoms with Crippen molar-refractivity contribution < 1.29 is 0 Å². The molecule has 0 radical (unpaired) electrons. The highest BCUT2D eigenvalue weighted by Crippen LogP contribution is 2.48. The van der Waals surface area contributed by atoms with Crippen molar-refractivity contribution in [2.45, 2.75) is 6.92 Å². The van der Waals surface area contributed by atoms with E-state index in [4.69, 9.17) is 0 Å². The van der Waals surface area contributed by atoms with Gasteiger partial charge in [-0.15, -0.1) is 0 Å². The topological polar surface area (TPSA) is 67.3 Å². The fourth-order valence-electron chi connectivity index (χ4n) is 10.3. The molecule has 4 heterocycles. The molecule has 12 rings (SSSR count). The van der Waals surface area contributed by atoms with Crippen LogP contribution in [0.15, 0.2) is 183 Å². The molecule has 0 aliphatic heterocycles. The van der Waals surface area contributed by atoms with Crippen molar-refractivity contribution in [3.63, 3.8) is 0 Å². The normalized spacial score (nSPS) is 11.9. The molecule has 12 aromatic rings. The minimum absolute atomic E-state index is 0.408. The third-order valence-electron chi connectivity index (χ3n) is 12.7. The molecule has 0 aliphatic carbocycles. The van der Waals surface area contributed by atoms with Crippen molar-refractivity contribution in [1.29, 1.82) is 10.5 Å². The number of aromatic nitrogens is 4. The smallest absolute Gasteiger partial charge is 0.104 e. The van der Waals surface area contributed by atoms with Crippen LogP contribution < -0.4 is 0 Å². The maximum Gasteiger partial charge on any atom is 0.104 e. The van der Waals surface area contributed by atoms with E-state index in [9.17, 15) is 10.5 Å². The quantitative estimate of drug-likeness (QED) is 0.168. The van der Waals surface area contributed by atoms with Crippen LogP contribution in [0.25, 0.3) is 111 Å². The predicted molar refractivity (Wildman–Crippen MR) is 261 cm³/mol. The van der Waals surface area contributed by atoms with Crippen molar-refractivity contribution in [3.05, 3.63) is 205 Å². The van der Waals surface area contributed by atoms with E-state index in [1.165, 1.54) is 0 Å². The first kappa shape index (κ1) is 36.0. The zero-order valence-corrected chi connectivity index (χ0v) is 34.3. The zero-order chi connectivity index (χ0) is 42.3. The van der Waals surface area contributed by atoms with Crippen LogP contribution in [0.4, 0.5) is 0 Å². The second kappa shape index (κ2) is 13.9. The minimum Gasteiger partial charge on any atom is -0.306 e. The Kier molecular flexibility index (Phi) is 7.93. The average Bonchev–Trinajstić information content (AvgIpc) is 4.06. The highest BCUT2D eigenvalue weighted by atomic mass is 15.1. The summed E-state index contributed by atoms with van der Waals surface area (Å²) in [5.41, 5.74) is 11.5. The molecular weight excluding hydrogens is 769 g/mol. The molecule has 0 unspecified atom stereocenters. The van der Waals surface area contributed by atoms with Gasteiger partial charge < -0.3 is 18.3 Å². The van der Waals surface area contributed by atoms with E-state index < -0.39 is 0 Å². The van der Waals surface area contributed by atoms with E-state index in [-0.39, 0.29) is 0 Å². The lowest BCUT2D eigenvalue weighted by Gasteiger charge is -2.27. The van der Waals surface area contributed by atoms with Gasteiger partial charge in [0.15, 0.2) is 0 Å². The summed E-state index contributed by atoms with van der Waals surface area (Å²) in [5.74, 6) is 0. The van der Waals surface area contributed by atoms with Gasteiger partial charge in [0.2, 0.25) is 0 Å². The van der Waals surface area contributed by atoms with Crippen molar-refractivity contribution in [1.82, 2.24) is 18.3 Å². The second-order valence-corrected chi connectivity index (χ2v) is 15.8. The molecule has 6 nitrogen and oxygen atoms in total. The molecule has 0 saturated heterocycles. The molecule has 294 valence electrons. The van der Waals surface area contributed by atoms with Crippen molar-refractivity contribution in [2.75, 3.05) is 0 Å². The molecule has 8 aromatic carbocycles. The Morgan fingerprint density at radius 1 is 0.381 bits per heavy atom. The minimum atomic E-state index is 0.408. The maximum atomic E-state index is 12.3. The number of para-hydroxylation sites is 7. The van der Waals surface area contributed by atoms with E-state index in [0.29, 0.717) is 33.9 Å². The Morgan fingerprint density at radius 2 is 0.635 bits per heavy atom. The van der Waals surface area contributed by atoms with Crippen molar-refractivity contribution >= 4 is 88.5 Å². The number of benzene rings is 8. The summed E-state index contributed by atoms with van der Waals surface area (Å²) in [6, 6.07) is 64.1. The van der Waals surface area contributed by atoms with Gasteiger partial charge in [-0.1, -0.05) is 146 Å². The summed E-state index contributed by atoms with van der Waals surface area (Å²) in [7, 11) is 0. The molecule has 0 fully saturated rings. The standard InChI is InChI=1S/C57H36N6/c1-3-19-36-37-20-5-12-27-47(37)60(46(36)4-2)54-44(34-58)56(62-50-30-15-8-23-40(50)41-24-9-16-31-51(41)62)57(63-52-32-17-10-25-42(52)43-26-11-18-33-53(43)63)45(35-59)55(54)61-48-28-13-6-21-38(48)39-22-7-14-29-49(39)61/h3-33H,2H2,1H3/b19-3-. The fraction of sp³-hybridized carbons (Fsp3) is 0.0175. The lowest BCUT2D eigenvalue weighted by Crippen LogP contribution is -2.17. The van der Waals surface area contributed by atoms with E-state index in [1.54, 1.807) is 0 Å². The van der Waals surface area contributed by atoms with Gasteiger partial charge in [0.05, 0.1) is 67.1 Å². The molecule has 0 bridgehead atoms. The number of nitrogens with zero attached hydrogens (tertiary/aromatic N) is 6. The van der Waals surface area contributed by atoms with Crippen LogP contribution in [0.3, 0.4) is 0 Å². The number of allylic oxidation sites excluding steroid dienone is 1. The van der Waals surface area contributed by atoms with Gasteiger partial charge >= 0.3 is 0 Å². The average molecular weight is 805 g/mol. The molecule has 63 heavy (non-hydrogen) atoms. The molecule has 4 aromatic heterocycles. The van der Waals surface area contributed by atoms with E-state index in [0.717, 1.165) is 87.6 Å². The third kappa shape index (κ3) is 4.86. The summed E-state index contributed by atoms with van der Waals surface area (Å²) in [5, 5.41) is 31.9. The Morgan fingerprint density at radius 3 is 0.905 bits per heavy atom. The van der Waals surface area contributed by atoms with Gasteiger partial charge in [-0.05, 0) is 55.5 Å². The highest BCUT2D eigenvalue weighted by molar-refractivity contribution is 6.14. The SMILES string of the molecule is C=Cc1c(/C=C\C)c2ccccc2n1-c1c(C#N)c(-n2c3ccccc3c3ccccc32)c(-n2c3ccccc3c3ccccc32)c(C#N)c1-n1c2ccccc2c2ccccc21. The van der Waals surface area contributed by atoms with Crippen molar-refractivity contribution in [3.8, 4) is 34.9 Å². The summed E-state index contributed by atoms with van der Waals surface area (Å²) in [6.45, 7) is 6.42. The fourth-order valence-corrected chi connectivity index (χ4v) is 10.3.